The van der Waals surface area contributed by atoms with Gasteiger partial charge in [-0.3, -0.25) is 15.0 Å². The molecule has 0 spiro atoms. The summed E-state index contributed by atoms with van der Waals surface area (Å²) in [6.07, 6.45) is 3.93. The zero-order chi connectivity index (χ0) is 20.0. The van der Waals surface area contributed by atoms with E-state index < -0.39 is 0 Å². The number of fused-ring (bicyclic) bond motifs is 4. The highest BCUT2D eigenvalue weighted by molar-refractivity contribution is 6.05. The molecule has 2 fully saturated rings. The Morgan fingerprint density at radius 2 is 2.07 bits per heavy atom. The van der Waals surface area contributed by atoms with Gasteiger partial charge in [0.25, 0.3) is 0 Å². The van der Waals surface area contributed by atoms with Gasteiger partial charge in [-0.1, -0.05) is 6.07 Å². The average molecular weight is 393 g/mol. The second-order valence-electron chi connectivity index (χ2n) is 8.06. The van der Waals surface area contributed by atoms with Crippen LogP contribution in [-0.4, -0.2) is 52.1 Å². The van der Waals surface area contributed by atoms with E-state index in [1.54, 1.807) is 29.3 Å². The van der Waals surface area contributed by atoms with Gasteiger partial charge in [-0.05, 0) is 49.4 Å². The number of carbonyl (C=O) groups excluding carboxylic acids is 2. The Labute approximate surface area is 168 Å². The van der Waals surface area contributed by atoms with Crippen LogP contribution in [-0.2, 0) is 0 Å². The Kier molecular flexibility index (Phi) is 4.43. The minimum absolute atomic E-state index is 0.0193. The monoisotopic (exact) mass is 393 g/mol. The van der Waals surface area contributed by atoms with Crippen LogP contribution in [0.5, 0.6) is 0 Å². The van der Waals surface area contributed by atoms with Crippen molar-refractivity contribution in [3.63, 3.8) is 0 Å². The first-order chi connectivity index (χ1) is 14.1. The number of aromatic nitrogens is 2. The SMILES string of the molecule is O=C(CC1CC(O)C1)c1ccc2c(n1)N(C(=O)Nc1ccccn1)[C@H]1CCN2C1. The highest BCUT2D eigenvalue weighted by atomic mass is 16.3. The van der Waals surface area contributed by atoms with E-state index >= 15 is 0 Å². The average Bonchev–Trinajstić information content (AvgIpc) is 3.11. The maximum atomic E-state index is 13.1. The van der Waals surface area contributed by atoms with Crippen molar-refractivity contribution < 1.29 is 14.7 Å². The van der Waals surface area contributed by atoms with Gasteiger partial charge < -0.3 is 10.0 Å². The Morgan fingerprint density at radius 1 is 1.21 bits per heavy atom. The maximum absolute atomic E-state index is 13.1. The Balaban J connectivity index is 1.42. The summed E-state index contributed by atoms with van der Waals surface area (Å²) in [6, 6.07) is 8.74. The molecule has 1 saturated heterocycles. The zero-order valence-corrected chi connectivity index (χ0v) is 16.0. The largest absolute Gasteiger partial charge is 0.393 e. The summed E-state index contributed by atoms with van der Waals surface area (Å²) in [6.45, 7) is 1.62. The van der Waals surface area contributed by atoms with Crippen molar-refractivity contribution in [2.45, 2.75) is 37.8 Å². The number of carbonyl (C=O) groups is 2. The number of nitrogens with zero attached hydrogens (tertiary/aromatic N) is 4. The normalized spacial score (nSPS) is 24.7. The fourth-order valence-corrected chi connectivity index (χ4v) is 4.47. The van der Waals surface area contributed by atoms with E-state index in [4.69, 9.17) is 0 Å². The van der Waals surface area contributed by atoms with E-state index in [0.717, 1.165) is 25.2 Å². The number of aliphatic hydroxyl groups excluding tert-OH is 1. The smallest absolute Gasteiger partial charge is 0.329 e. The molecule has 0 aromatic carbocycles. The Bertz CT molecular complexity index is 945. The van der Waals surface area contributed by atoms with Gasteiger partial charge in [0.1, 0.15) is 11.5 Å². The van der Waals surface area contributed by atoms with Gasteiger partial charge in [-0.25, -0.2) is 14.8 Å². The number of amides is 2. The lowest BCUT2D eigenvalue weighted by molar-refractivity contribution is 0.0380. The molecule has 2 aromatic heterocycles. The van der Waals surface area contributed by atoms with Crippen molar-refractivity contribution in [2.24, 2.45) is 5.92 Å². The number of Topliss-reactive ketones (excluding diaryl/α,β-unsaturated/α-hetero) is 1. The summed E-state index contributed by atoms with van der Waals surface area (Å²) in [5.41, 5.74) is 1.26. The van der Waals surface area contributed by atoms with Crippen LogP contribution in [0.3, 0.4) is 0 Å². The third kappa shape index (κ3) is 3.33. The van der Waals surface area contributed by atoms with Crippen molar-refractivity contribution in [3.05, 3.63) is 42.2 Å². The van der Waals surface area contributed by atoms with E-state index in [0.29, 0.717) is 36.6 Å². The molecule has 2 aliphatic heterocycles. The first-order valence-electron chi connectivity index (χ1n) is 10.1. The molecule has 2 bridgehead atoms. The van der Waals surface area contributed by atoms with Crippen molar-refractivity contribution in [1.82, 2.24) is 9.97 Å². The molecule has 8 heteroatoms. The van der Waals surface area contributed by atoms with Crippen molar-refractivity contribution in [3.8, 4) is 0 Å². The lowest BCUT2D eigenvalue weighted by Crippen LogP contribution is -2.48. The summed E-state index contributed by atoms with van der Waals surface area (Å²) in [5.74, 6) is 1.20. The second kappa shape index (κ2) is 7.11. The molecule has 0 radical (unpaired) electrons. The number of aliphatic hydroxyl groups is 1. The molecule has 2 aromatic rings. The number of anilines is 3. The van der Waals surface area contributed by atoms with E-state index in [-0.39, 0.29) is 29.9 Å². The predicted molar refractivity (Wildman–Crippen MR) is 108 cm³/mol. The minimum atomic E-state index is -0.282. The summed E-state index contributed by atoms with van der Waals surface area (Å²) in [5, 5.41) is 12.3. The van der Waals surface area contributed by atoms with E-state index in [2.05, 4.69) is 20.2 Å². The first kappa shape index (κ1) is 18.1. The molecule has 1 saturated carbocycles. The predicted octanol–water partition coefficient (Wildman–Crippen LogP) is 2.45. The second-order valence-corrected chi connectivity index (χ2v) is 8.06. The number of nitrogens with one attached hydrogen (secondary N) is 1. The summed E-state index contributed by atoms with van der Waals surface area (Å²) in [4.78, 5) is 38.5. The Hall–Kier alpha value is -3.00. The molecular weight excluding hydrogens is 370 g/mol. The van der Waals surface area contributed by atoms with Gasteiger partial charge in [0.2, 0.25) is 0 Å². The standard InChI is InChI=1S/C21H23N5O3/c27-15-9-13(10-15)11-18(28)16-4-5-17-20(23-16)26(14-6-8-25(17)12-14)21(29)24-19-3-1-2-7-22-19/h1-5,7,13-15,27H,6,8-12H2,(H,22,24,29)/t13?,14-,15?/m0/s1. The van der Waals surface area contributed by atoms with Crippen LogP contribution >= 0.6 is 0 Å². The number of ketones is 1. The molecule has 2 N–H and O–H groups in total. The zero-order valence-electron chi connectivity index (χ0n) is 16.0. The molecule has 1 aliphatic carbocycles. The molecule has 0 unspecified atom stereocenters. The highest BCUT2D eigenvalue weighted by Crippen LogP contribution is 2.39. The number of urea groups is 1. The maximum Gasteiger partial charge on any atom is 0.329 e. The van der Waals surface area contributed by atoms with Crippen LogP contribution in [0.15, 0.2) is 36.5 Å². The van der Waals surface area contributed by atoms with Crippen LogP contribution in [0.25, 0.3) is 0 Å². The third-order valence-corrected chi connectivity index (χ3v) is 6.04. The third-order valence-electron chi connectivity index (χ3n) is 6.04. The van der Waals surface area contributed by atoms with Gasteiger partial charge in [0, 0.05) is 25.7 Å². The molecule has 150 valence electrons. The number of hydrogen-bond donors (Lipinski definition) is 2. The summed E-state index contributed by atoms with van der Waals surface area (Å²) < 4.78 is 0. The molecule has 5 rings (SSSR count). The van der Waals surface area contributed by atoms with Crippen molar-refractivity contribution in [2.75, 3.05) is 28.2 Å². The van der Waals surface area contributed by atoms with Gasteiger partial charge in [0.05, 0.1) is 17.8 Å². The van der Waals surface area contributed by atoms with Gasteiger partial charge in [-0.15, -0.1) is 0 Å². The fourth-order valence-electron chi connectivity index (χ4n) is 4.47. The van der Waals surface area contributed by atoms with E-state index in [1.807, 2.05) is 12.1 Å². The van der Waals surface area contributed by atoms with Crippen LogP contribution in [0, 0.1) is 5.92 Å². The van der Waals surface area contributed by atoms with E-state index in [1.165, 1.54) is 0 Å². The molecule has 1 atom stereocenters. The van der Waals surface area contributed by atoms with Crippen LogP contribution < -0.4 is 15.1 Å². The topological polar surface area (TPSA) is 98.7 Å². The lowest BCUT2D eigenvalue weighted by atomic mass is 9.79. The molecule has 4 heterocycles. The van der Waals surface area contributed by atoms with Crippen LogP contribution in [0.4, 0.5) is 22.1 Å². The molecule has 29 heavy (non-hydrogen) atoms. The van der Waals surface area contributed by atoms with Crippen LogP contribution in [0.1, 0.15) is 36.2 Å². The molecular formula is C21H23N5O3. The van der Waals surface area contributed by atoms with Gasteiger partial charge in [0.15, 0.2) is 11.6 Å². The van der Waals surface area contributed by atoms with Crippen molar-refractivity contribution >= 4 is 29.1 Å². The molecule has 2 amide bonds. The fraction of sp³-hybridized carbons (Fsp3) is 0.429. The highest BCUT2D eigenvalue weighted by Gasteiger charge is 2.40. The minimum Gasteiger partial charge on any atom is -0.393 e. The van der Waals surface area contributed by atoms with E-state index in [9.17, 15) is 14.7 Å². The quantitative estimate of drug-likeness (QED) is 0.775. The lowest BCUT2D eigenvalue weighted by Gasteiger charge is -2.36. The number of rotatable bonds is 4. The summed E-state index contributed by atoms with van der Waals surface area (Å²) in [7, 11) is 0. The number of hydrogen-bond acceptors (Lipinski definition) is 6. The number of pyridine rings is 2. The molecule has 3 aliphatic rings. The van der Waals surface area contributed by atoms with Gasteiger partial charge >= 0.3 is 6.03 Å². The van der Waals surface area contributed by atoms with Crippen LogP contribution in [0.2, 0.25) is 0 Å². The van der Waals surface area contributed by atoms with Crippen molar-refractivity contribution in [1.29, 1.82) is 0 Å². The Morgan fingerprint density at radius 3 is 2.83 bits per heavy atom. The first-order valence-corrected chi connectivity index (χ1v) is 10.1. The van der Waals surface area contributed by atoms with Gasteiger partial charge in [-0.2, -0.15) is 0 Å². The molecule has 8 nitrogen and oxygen atoms in total. The summed E-state index contributed by atoms with van der Waals surface area (Å²) >= 11 is 0.